The average Bonchev–Trinajstić information content (AvgIpc) is 2.91. The topological polar surface area (TPSA) is 27.3 Å². The van der Waals surface area contributed by atoms with E-state index in [9.17, 15) is 0 Å². The summed E-state index contributed by atoms with van der Waals surface area (Å²) in [5, 5.41) is 6.38. The van der Waals surface area contributed by atoms with Crippen molar-refractivity contribution < 1.29 is 0 Å². The van der Waals surface area contributed by atoms with Gasteiger partial charge in [-0.2, -0.15) is 0 Å². The van der Waals surface area contributed by atoms with Gasteiger partial charge in [-0.05, 0) is 50.2 Å². The van der Waals surface area contributed by atoms with Crippen LogP contribution in [0.2, 0.25) is 0 Å². The van der Waals surface area contributed by atoms with Gasteiger partial charge >= 0.3 is 0 Å². The van der Waals surface area contributed by atoms with Crippen molar-refractivity contribution in [3.63, 3.8) is 0 Å². The Kier molecular flexibility index (Phi) is 2.90. The first-order chi connectivity index (χ1) is 7.01. The number of hydrazine groups is 1. The van der Waals surface area contributed by atoms with Crippen molar-refractivity contribution >= 4 is 17.3 Å². The molecule has 0 unspecified atom stereocenters. The Labute approximate surface area is 97.6 Å². The molecule has 86 valence electrons. The highest BCUT2D eigenvalue weighted by molar-refractivity contribution is 7.80. The van der Waals surface area contributed by atoms with Crippen LogP contribution in [0.25, 0.3) is 0 Å². The van der Waals surface area contributed by atoms with Gasteiger partial charge in [-0.25, -0.2) is 5.43 Å². The number of hydrogen-bond acceptors (Lipinski definition) is 2. The van der Waals surface area contributed by atoms with E-state index in [-0.39, 0.29) is 5.66 Å². The summed E-state index contributed by atoms with van der Waals surface area (Å²) in [7, 11) is 0. The smallest absolute Gasteiger partial charge is 0.185 e. The van der Waals surface area contributed by atoms with Crippen LogP contribution in [-0.2, 0) is 0 Å². The first-order valence-electron chi connectivity index (χ1n) is 5.89. The number of nitrogens with one attached hydrogen (secondary N) is 2. The second kappa shape index (κ2) is 3.91. The lowest BCUT2D eigenvalue weighted by Crippen LogP contribution is -2.50. The molecule has 4 heteroatoms. The van der Waals surface area contributed by atoms with Crippen LogP contribution in [0.4, 0.5) is 0 Å². The minimum Gasteiger partial charge on any atom is -0.342 e. The third kappa shape index (κ3) is 2.42. The fourth-order valence-corrected chi connectivity index (χ4v) is 2.40. The van der Waals surface area contributed by atoms with Crippen LogP contribution in [0.3, 0.4) is 0 Å². The number of thiocarbonyl (C=S) groups is 1. The van der Waals surface area contributed by atoms with Crippen LogP contribution in [0.5, 0.6) is 0 Å². The average molecular weight is 227 g/mol. The Bertz CT molecular complexity index is 263. The maximum atomic E-state index is 5.34. The quantitative estimate of drug-likeness (QED) is 0.717. The van der Waals surface area contributed by atoms with E-state index in [0.717, 1.165) is 23.5 Å². The standard InChI is InChI=1S/C11H21N3S/c1-8(2)6-7-14-10(15)12-11(3,13-14)9-4-5-9/h8-9,13H,4-7H2,1-3H3,(H,12,15)/t11-/m0/s1. The molecule has 2 rings (SSSR count). The highest BCUT2D eigenvalue weighted by Gasteiger charge is 2.47. The van der Waals surface area contributed by atoms with Crippen LogP contribution in [0.15, 0.2) is 0 Å². The molecule has 0 radical (unpaired) electrons. The van der Waals surface area contributed by atoms with E-state index in [2.05, 4.69) is 36.5 Å². The van der Waals surface area contributed by atoms with Crippen molar-refractivity contribution in [2.45, 2.75) is 45.7 Å². The van der Waals surface area contributed by atoms with Crippen molar-refractivity contribution in [3.05, 3.63) is 0 Å². The van der Waals surface area contributed by atoms with E-state index in [4.69, 9.17) is 12.2 Å². The Morgan fingerprint density at radius 2 is 2.20 bits per heavy atom. The zero-order chi connectivity index (χ0) is 11.1. The van der Waals surface area contributed by atoms with E-state index < -0.39 is 0 Å². The van der Waals surface area contributed by atoms with Gasteiger partial charge in [-0.3, -0.25) is 5.01 Å². The lowest BCUT2D eigenvalue weighted by molar-refractivity contribution is 0.203. The minimum absolute atomic E-state index is 0.0219. The van der Waals surface area contributed by atoms with Crippen LogP contribution in [-0.4, -0.2) is 22.3 Å². The molecule has 1 heterocycles. The maximum Gasteiger partial charge on any atom is 0.185 e. The lowest BCUT2D eigenvalue weighted by atomic mass is 10.1. The summed E-state index contributed by atoms with van der Waals surface area (Å²) in [5.74, 6) is 1.47. The zero-order valence-electron chi connectivity index (χ0n) is 9.84. The molecule has 2 aliphatic rings. The lowest BCUT2D eigenvalue weighted by Gasteiger charge is -2.25. The summed E-state index contributed by atoms with van der Waals surface area (Å²) in [4.78, 5) is 0. The summed E-state index contributed by atoms with van der Waals surface area (Å²) in [6, 6.07) is 0. The van der Waals surface area contributed by atoms with Crippen molar-refractivity contribution in [1.82, 2.24) is 15.8 Å². The number of rotatable bonds is 4. The molecule has 1 atom stereocenters. The van der Waals surface area contributed by atoms with Gasteiger partial charge in [0.1, 0.15) is 5.66 Å². The van der Waals surface area contributed by atoms with Gasteiger partial charge in [0.2, 0.25) is 0 Å². The normalized spacial score (nSPS) is 31.2. The molecule has 1 aliphatic carbocycles. The Balaban J connectivity index is 1.89. The van der Waals surface area contributed by atoms with Crippen molar-refractivity contribution in [1.29, 1.82) is 0 Å². The number of nitrogens with zero attached hydrogens (tertiary/aromatic N) is 1. The Morgan fingerprint density at radius 3 is 2.73 bits per heavy atom. The monoisotopic (exact) mass is 227 g/mol. The minimum atomic E-state index is 0.0219. The highest BCUT2D eigenvalue weighted by atomic mass is 32.1. The van der Waals surface area contributed by atoms with Crippen molar-refractivity contribution in [2.24, 2.45) is 11.8 Å². The molecule has 0 amide bonds. The molecule has 15 heavy (non-hydrogen) atoms. The van der Waals surface area contributed by atoms with Gasteiger partial charge in [0, 0.05) is 6.54 Å². The summed E-state index contributed by atoms with van der Waals surface area (Å²) in [5.41, 5.74) is 3.54. The molecule has 3 nitrogen and oxygen atoms in total. The molecule has 2 fully saturated rings. The third-order valence-corrected chi connectivity index (χ3v) is 3.63. The van der Waals surface area contributed by atoms with Crippen LogP contribution < -0.4 is 10.7 Å². The first-order valence-corrected chi connectivity index (χ1v) is 6.29. The van der Waals surface area contributed by atoms with Gasteiger partial charge in [-0.1, -0.05) is 13.8 Å². The maximum absolute atomic E-state index is 5.34. The third-order valence-electron chi connectivity index (χ3n) is 3.30. The van der Waals surface area contributed by atoms with Crippen LogP contribution in [0, 0.1) is 11.8 Å². The van der Waals surface area contributed by atoms with Crippen molar-refractivity contribution in [3.8, 4) is 0 Å². The fourth-order valence-electron chi connectivity index (χ4n) is 2.05. The first kappa shape index (κ1) is 11.1. The molecule has 1 saturated heterocycles. The van der Waals surface area contributed by atoms with Gasteiger partial charge in [0.25, 0.3) is 0 Å². The van der Waals surface area contributed by atoms with E-state index in [1.54, 1.807) is 0 Å². The largest absolute Gasteiger partial charge is 0.342 e. The summed E-state index contributed by atoms with van der Waals surface area (Å²) >= 11 is 5.34. The van der Waals surface area contributed by atoms with Crippen LogP contribution in [0.1, 0.15) is 40.0 Å². The Morgan fingerprint density at radius 1 is 1.53 bits per heavy atom. The van der Waals surface area contributed by atoms with Gasteiger partial charge in [0.05, 0.1) is 0 Å². The molecule has 2 N–H and O–H groups in total. The summed E-state index contributed by atoms with van der Waals surface area (Å²) in [6.07, 6.45) is 3.81. The van der Waals surface area contributed by atoms with Gasteiger partial charge in [0.15, 0.2) is 5.11 Å². The molecule has 0 aromatic rings. The van der Waals surface area contributed by atoms with Crippen LogP contribution >= 0.6 is 12.2 Å². The molecule has 0 spiro atoms. The van der Waals surface area contributed by atoms with E-state index in [0.29, 0.717) is 0 Å². The zero-order valence-corrected chi connectivity index (χ0v) is 10.7. The SMILES string of the molecule is CC(C)CCN1N[C@@](C)(C2CC2)NC1=S. The fraction of sp³-hybridized carbons (Fsp3) is 0.909. The Hall–Kier alpha value is -0.350. The van der Waals surface area contributed by atoms with Gasteiger partial charge < -0.3 is 5.32 Å². The molecular weight excluding hydrogens is 206 g/mol. The van der Waals surface area contributed by atoms with E-state index in [1.807, 2.05) is 0 Å². The predicted octanol–water partition coefficient (Wildman–Crippen LogP) is 1.85. The molecule has 0 bridgehead atoms. The second-order valence-electron chi connectivity index (χ2n) is 5.35. The number of hydrogen-bond donors (Lipinski definition) is 2. The summed E-state index contributed by atoms with van der Waals surface area (Å²) in [6.45, 7) is 7.71. The molecular formula is C11H21N3S. The summed E-state index contributed by atoms with van der Waals surface area (Å²) < 4.78 is 0. The highest BCUT2D eigenvalue weighted by Crippen LogP contribution is 2.39. The van der Waals surface area contributed by atoms with Gasteiger partial charge in [-0.15, -0.1) is 0 Å². The van der Waals surface area contributed by atoms with Crippen molar-refractivity contribution in [2.75, 3.05) is 6.54 Å². The predicted molar refractivity (Wildman–Crippen MR) is 66.2 cm³/mol. The molecule has 0 aromatic heterocycles. The van der Waals surface area contributed by atoms with E-state index in [1.165, 1.54) is 19.3 Å². The molecule has 0 aromatic carbocycles. The second-order valence-corrected chi connectivity index (χ2v) is 5.74. The molecule has 1 saturated carbocycles. The van der Waals surface area contributed by atoms with E-state index >= 15 is 0 Å². The molecule has 1 aliphatic heterocycles.